The van der Waals surface area contributed by atoms with E-state index in [1.807, 2.05) is 6.92 Å². The molecule has 3 aromatic carbocycles. The van der Waals surface area contributed by atoms with Crippen LogP contribution >= 0.6 is 0 Å². The van der Waals surface area contributed by atoms with Crippen LogP contribution in [-0.4, -0.2) is 6.04 Å². The molecule has 146 valence electrons. The summed E-state index contributed by atoms with van der Waals surface area (Å²) in [6.45, 7) is 13.3. The Morgan fingerprint density at radius 3 is 2.52 bits per heavy atom. The highest BCUT2D eigenvalue weighted by Gasteiger charge is 2.26. The summed E-state index contributed by atoms with van der Waals surface area (Å²) >= 11 is 0. The van der Waals surface area contributed by atoms with E-state index in [4.69, 9.17) is 0 Å². The van der Waals surface area contributed by atoms with E-state index in [-0.39, 0.29) is 6.04 Å². The Bertz CT molecular complexity index is 1050. The molecule has 29 heavy (non-hydrogen) atoms. The van der Waals surface area contributed by atoms with E-state index >= 15 is 0 Å². The quantitative estimate of drug-likeness (QED) is 0.509. The van der Waals surface area contributed by atoms with Gasteiger partial charge in [-0.2, -0.15) is 0 Å². The predicted molar refractivity (Wildman–Crippen MR) is 126 cm³/mol. The van der Waals surface area contributed by atoms with Gasteiger partial charge >= 0.3 is 0 Å². The molecule has 0 fully saturated rings. The standard InChI is InChI=1S/C26H27N3/c1-18(2)22-11-8-12-23(15-22)28-24-13-14-25-26(16-24)29(20(4)19(3)27-25)17-21-9-6-5-7-10-21/h5-16,20,27-28H,1,3,17H2,2,4H3. The molecule has 0 aromatic heterocycles. The fourth-order valence-electron chi connectivity index (χ4n) is 3.66. The Labute approximate surface area is 173 Å². The lowest BCUT2D eigenvalue weighted by Gasteiger charge is -2.39. The zero-order valence-electron chi connectivity index (χ0n) is 17.1. The fourth-order valence-corrected chi connectivity index (χ4v) is 3.66. The first kappa shape index (κ1) is 18.9. The SMILES string of the molecule is C=C(C)c1cccc(Nc2ccc3c(c2)N(Cc2ccccc2)C(C)C(=C)N3)c1. The van der Waals surface area contributed by atoms with E-state index in [1.165, 1.54) is 11.3 Å². The Kier molecular flexibility index (Phi) is 5.13. The summed E-state index contributed by atoms with van der Waals surface area (Å²) < 4.78 is 0. The number of hydrogen-bond donors (Lipinski definition) is 2. The fraction of sp³-hybridized carbons (Fsp3) is 0.154. The van der Waals surface area contributed by atoms with Crippen LogP contribution in [0.1, 0.15) is 25.0 Å². The van der Waals surface area contributed by atoms with Crippen molar-refractivity contribution in [1.29, 1.82) is 0 Å². The number of anilines is 4. The van der Waals surface area contributed by atoms with Crippen molar-refractivity contribution in [3.63, 3.8) is 0 Å². The van der Waals surface area contributed by atoms with Gasteiger partial charge < -0.3 is 15.5 Å². The van der Waals surface area contributed by atoms with Crippen molar-refractivity contribution < 1.29 is 0 Å². The summed E-state index contributed by atoms with van der Waals surface area (Å²) in [7, 11) is 0. The number of rotatable bonds is 5. The predicted octanol–water partition coefficient (Wildman–Crippen LogP) is 6.80. The van der Waals surface area contributed by atoms with Crippen LogP contribution in [0.2, 0.25) is 0 Å². The van der Waals surface area contributed by atoms with E-state index in [0.717, 1.165) is 40.4 Å². The van der Waals surface area contributed by atoms with Crippen LogP contribution in [0, 0.1) is 0 Å². The van der Waals surface area contributed by atoms with Crippen LogP contribution in [0.15, 0.2) is 91.7 Å². The second-order valence-electron chi connectivity index (χ2n) is 7.66. The molecule has 0 amide bonds. The molecule has 3 nitrogen and oxygen atoms in total. The molecule has 0 saturated carbocycles. The maximum Gasteiger partial charge on any atom is 0.0662 e. The first-order valence-corrected chi connectivity index (χ1v) is 9.94. The van der Waals surface area contributed by atoms with Gasteiger partial charge in [0.15, 0.2) is 0 Å². The van der Waals surface area contributed by atoms with E-state index < -0.39 is 0 Å². The van der Waals surface area contributed by atoms with Gasteiger partial charge in [-0.1, -0.05) is 61.2 Å². The topological polar surface area (TPSA) is 27.3 Å². The number of benzene rings is 3. The van der Waals surface area contributed by atoms with Crippen molar-refractivity contribution in [2.45, 2.75) is 26.4 Å². The highest BCUT2D eigenvalue weighted by Crippen LogP contribution is 2.38. The highest BCUT2D eigenvalue weighted by molar-refractivity contribution is 5.81. The third-order valence-electron chi connectivity index (χ3n) is 5.41. The Morgan fingerprint density at radius 1 is 1.00 bits per heavy atom. The van der Waals surface area contributed by atoms with Crippen molar-refractivity contribution in [2.75, 3.05) is 15.5 Å². The van der Waals surface area contributed by atoms with Crippen molar-refractivity contribution in [3.05, 3.63) is 103 Å². The smallest absolute Gasteiger partial charge is 0.0662 e. The average molecular weight is 382 g/mol. The highest BCUT2D eigenvalue weighted by atomic mass is 15.2. The molecular weight excluding hydrogens is 354 g/mol. The molecule has 1 aliphatic rings. The van der Waals surface area contributed by atoms with Gasteiger partial charge in [0.2, 0.25) is 0 Å². The van der Waals surface area contributed by atoms with E-state index in [2.05, 4.69) is 108 Å². The molecule has 2 N–H and O–H groups in total. The van der Waals surface area contributed by atoms with Crippen LogP contribution < -0.4 is 15.5 Å². The zero-order valence-corrected chi connectivity index (χ0v) is 17.1. The van der Waals surface area contributed by atoms with Crippen LogP contribution in [0.3, 0.4) is 0 Å². The number of nitrogens with zero attached hydrogens (tertiary/aromatic N) is 1. The molecule has 1 atom stereocenters. The average Bonchev–Trinajstić information content (AvgIpc) is 2.73. The Balaban J connectivity index is 1.66. The molecule has 1 heterocycles. The lowest BCUT2D eigenvalue weighted by molar-refractivity contribution is 0.695. The Morgan fingerprint density at radius 2 is 1.76 bits per heavy atom. The summed E-state index contributed by atoms with van der Waals surface area (Å²) in [5.41, 5.74) is 8.88. The molecule has 0 aliphatic carbocycles. The zero-order chi connectivity index (χ0) is 20.4. The van der Waals surface area contributed by atoms with Crippen molar-refractivity contribution >= 4 is 28.3 Å². The second kappa shape index (κ2) is 7.88. The number of allylic oxidation sites excluding steroid dienone is 1. The molecule has 0 saturated heterocycles. The van der Waals surface area contributed by atoms with Crippen molar-refractivity contribution in [2.24, 2.45) is 0 Å². The summed E-state index contributed by atoms with van der Waals surface area (Å²) in [4.78, 5) is 2.40. The normalized spacial score (nSPS) is 15.4. The first-order valence-electron chi connectivity index (χ1n) is 9.94. The molecule has 3 heteroatoms. The summed E-state index contributed by atoms with van der Waals surface area (Å²) in [6.07, 6.45) is 0. The van der Waals surface area contributed by atoms with E-state index in [0.29, 0.717) is 0 Å². The van der Waals surface area contributed by atoms with Gasteiger partial charge in [-0.15, -0.1) is 0 Å². The van der Waals surface area contributed by atoms with Gasteiger partial charge in [-0.3, -0.25) is 0 Å². The van der Waals surface area contributed by atoms with E-state index in [9.17, 15) is 0 Å². The van der Waals surface area contributed by atoms with Gasteiger partial charge in [0.25, 0.3) is 0 Å². The van der Waals surface area contributed by atoms with Crippen LogP contribution in [0.5, 0.6) is 0 Å². The maximum atomic E-state index is 4.23. The number of fused-ring (bicyclic) bond motifs is 1. The molecule has 0 radical (unpaired) electrons. The van der Waals surface area contributed by atoms with Gasteiger partial charge in [0.05, 0.1) is 17.4 Å². The second-order valence-corrected chi connectivity index (χ2v) is 7.66. The molecule has 3 aromatic rings. The number of nitrogens with one attached hydrogen (secondary N) is 2. The summed E-state index contributed by atoms with van der Waals surface area (Å²) in [6, 6.07) is 25.5. The van der Waals surface area contributed by atoms with Gasteiger partial charge in [-0.25, -0.2) is 0 Å². The van der Waals surface area contributed by atoms with Crippen LogP contribution in [-0.2, 0) is 6.54 Å². The van der Waals surface area contributed by atoms with Gasteiger partial charge in [0, 0.05) is 23.6 Å². The first-order chi connectivity index (χ1) is 14.0. The molecular formula is C26H27N3. The molecule has 0 spiro atoms. The molecule has 0 bridgehead atoms. The minimum absolute atomic E-state index is 0.199. The van der Waals surface area contributed by atoms with Gasteiger partial charge in [0.1, 0.15) is 0 Å². The Hall–Kier alpha value is -3.46. The third-order valence-corrected chi connectivity index (χ3v) is 5.41. The lowest BCUT2D eigenvalue weighted by atomic mass is 10.0. The third kappa shape index (κ3) is 4.04. The summed E-state index contributed by atoms with van der Waals surface area (Å²) in [5, 5.41) is 7.01. The molecule has 1 unspecified atom stereocenters. The molecule has 4 rings (SSSR count). The van der Waals surface area contributed by atoms with Crippen LogP contribution in [0.25, 0.3) is 5.57 Å². The number of hydrogen-bond acceptors (Lipinski definition) is 3. The minimum Gasteiger partial charge on any atom is -0.357 e. The van der Waals surface area contributed by atoms with Crippen molar-refractivity contribution in [1.82, 2.24) is 0 Å². The molecule has 1 aliphatic heterocycles. The van der Waals surface area contributed by atoms with E-state index in [1.54, 1.807) is 0 Å². The largest absolute Gasteiger partial charge is 0.357 e. The van der Waals surface area contributed by atoms with Gasteiger partial charge in [-0.05, 0) is 55.3 Å². The van der Waals surface area contributed by atoms with Crippen LogP contribution in [0.4, 0.5) is 22.7 Å². The van der Waals surface area contributed by atoms with Crippen molar-refractivity contribution in [3.8, 4) is 0 Å². The summed E-state index contributed by atoms with van der Waals surface area (Å²) in [5.74, 6) is 0. The maximum absolute atomic E-state index is 4.23. The lowest BCUT2D eigenvalue weighted by Crippen LogP contribution is -2.39. The monoisotopic (exact) mass is 381 g/mol. The minimum atomic E-state index is 0.199.